The summed E-state index contributed by atoms with van der Waals surface area (Å²) in [7, 11) is 1.56. The van der Waals surface area contributed by atoms with Gasteiger partial charge in [0, 0.05) is 5.56 Å². The first-order valence-corrected chi connectivity index (χ1v) is 12.0. The Morgan fingerprint density at radius 3 is 2.46 bits per heavy atom. The van der Waals surface area contributed by atoms with E-state index in [1.807, 2.05) is 51.1 Å². The molecule has 0 spiro atoms. The van der Waals surface area contributed by atoms with Crippen molar-refractivity contribution in [3.05, 3.63) is 94.1 Å². The maximum absolute atomic E-state index is 13.4. The lowest BCUT2D eigenvalue weighted by atomic mass is 9.95. The molecule has 4 aromatic rings. The van der Waals surface area contributed by atoms with Crippen LogP contribution in [0.15, 0.2) is 66.2 Å². The second-order valence-electron chi connectivity index (χ2n) is 8.74. The molecule has 1 amide bonds. The van der Waals surface area contributed by atoms with Gasteiger partial charge in [-0.3, -0.25) is 14.5 Å². The van der Waals surface area contributed by atoms with Gasteiger partial charge in [0.05, 0.1) is 28.9 Å². The van der Waals surface area contributed by atoms with Crippen LogP contribution in [0.4, 0.5) is 5.13 Å². The van der Waals surface area contributed by atoms with Gasteiger partial charge in [0.25, 0.3) is 5.78 Å². The van der Waals surface area contributed by atoms with Crippen molar-refractivity contribution in [1.29, 1.82) is 0 Å². The summed E-state index contributed by atoms with van der Waals surface area (Å²) in [4.78, 5) is 33.0. The molecule has 2 heterocycles. The second kappa shape index (κ2) is 8.67. The monoisotopic (exact) mass is 484 g/mol. The number of ketones is 1. The molecule has 1 aliphatic rings. The van der Waals surface area contributed by atoms with E-state index in [0.29, 0.717) is 22.0 Å². The van der Waals surface area contributed by atoms with Crippen LogP contribution in [0.2, 0.25) is 0 Å². The number of hydrogen-bond donors (Lipinski definition) is 1. The number of ether oxygens (including phenoxy) is 1. The van der Waals surface area contributed by atoms with Gasteiger partial charge in [-0.15, -0.1) is 0 Å². The normalized spacial score (nSPS) is 17.4. The highest BCUT2D eigenvalue weighted by Gasteiger charge is 2.48. The lowest BCUT2D eigenvalue weighted by molar-refractivity contribution is -0.132. The van der Waals surface area contributed by atoms with Crippen molar-refractivity contribution in [2.45, 2.75) is 26.8 Å². The number of Topliss-reactive ketones (excluding diaryl/α,β-unsaturated/α-hetero) is 1. The number of fused-ring (bicyclic) bond motifs is 1. The number of aryl methyl sites for hydroxylation is 3. The van der Waals surface area contributed by atoms with Gasteiger partial charge in [0.15, 0.2) is 5.13 Å². The molecule has 1 unspecified atom stereocenters. The number of amides is 1. The summed E-state index contributed by atoms with van der Waals surface area (Å²) in [6.07, 6.45) is 0. The molecule has 0 aliphatic carbocycles. The van der Waals surface area contributed by atoms with Gasteiger partial charge in [-0.25, -0.2) is 4.98 Å². The molecule has 1 N–H and O–H groups in total. The molecule has 1 atom stereocenters. The zero-order valence-corrected chi connectivity index (χ0v) is 20.6. The van der Waals surface area contributed by atoms with E-state index in [1.165, 1.54) is 16.2 Å². The fourth-order valence-corrected chi connectivity index (χ4v) is 5.65. The summed E-state index contributed by atoms with van der Waals surface area (Å²) in [6, 6.07) is 17.6. The average molecular weight is 485 g/mol. The van der Waals surface area contributed by atoms with Crippen molar-refractivity contribution in [3.63, 3.8) is 0 Å². The maximum Gasteiger partial charge on any atom is 0.301 e. The predicted octanol–water partition coefficient (Wildman–Crippen LogP) is 5.86. The Morgan fingerprint density at radius 1 is 1.00 bits per heavy atom. The second-order valence-corrected chi connectivity index (χ2v) is 9.75. The number of carbonyl (C=O) groups is 2. The largest absolute Gasteiger partial charge is 0.507 e. The number of aromatic nitrogens is 1. The number of carbonyl (C=O) groups excluding carboxylic acids is 2. The number of hydrogen-bond acceptors (Lipinski definition) is 6. The van der Waals surface area contributed by atoms with Crippen LogP contribution < -0.4 is 9.64 Å². The standard InChI is InChI=1S/C28H24N2O4S/c1-15-8-10-18(11-9-15)25(31)22-24(19-6-5-7-20(14-19)34-4)30(27(33)26(22)32)28-29-23-17(3)12-16(2)13-21(23)35-28/h5-14,24,31H,1-4H3. The third kappa shape index (κ3) is 3.88. The topological polar surface area (TPSA) is 79.7 Å². The quantitative estimate of drug-likeness (QED) is 0.223. The first-order chi connectivity index (χ1) is 16.8. The van der Waals surface area contributed by atoms with Crippen molar-refractivity contribution < 1.29 is 19.4 Å². The number of rotatable bonds is 4. The number of nitrogens with zero attached hydrogens (tertiary/aromatic N) is 2. The summed E-state index contributed by atoms with van der Waals surface area (Å²) in [5.74, 6) is -1.10. The van der Waals surface area contributed by atoms with Crippen molar-refractivity contribution in [3.8, 4) is 5.75 Å². The first-order valence-electron chi connectivity index (χ1n) is 11.2. The van der Waals surface area contributed by atoms with E-state index in [1.54, 1.807) is 37.4 Å². The van der Waals surface area contributed by atoms with Gasteiger partial charge in [-0.05, 0) is 55.7 Å². The molecule has 1 aliphatic heterocycles. The highest BCUT2D eigenvalue weighted by molar-refractivity contribution is 7.22. The SMILES string of the molecule is COc1cccc(C2C(=C(O)c3ccc(C)cc3)C(=O)C(=O)N2c2nc3c(C)cc(C)cc3s2)c1. The highest BCUT2D eigenvalue weighted by Crippen LogP contribution is 2.45. The van der Waals surface area contributed by atoms with Crippen LogP contribution in [0, 0.1) is 20.8 Å². The molecule has 3 aromatic carbocycles. The molecule has 5 rings (SSSR count). The van der Waals surface area contributed by atoms with Crippen LogP contribution in [0.3, 0.4) is 0 Å². The Balaban J connectivity index is 1.75. The number of anilines is 1. The van der Waals surface area contributed by atoms with E-state index < -0.39 is 17.7 Å². The predicted molar refractivity (Wildman–Crippen MR) is 138 cm³/mol. The van der Waals surface area contributed by atoms with E-state index in [4.69, 9.17) is 9.72 Å². The summed E-state index contributed by atoms with van der Waals surface area (Å²) in [5.41, 5.74) is 5.04. The van der Waals surface area contributed by atoms with Crippen molar-refractivity contribution in [1.82, 2.24) is 4.98 Å². The minimum Gasteiger partial charge on any atom is -0.507 e. The van der Waals surface area contributed by atoms with Gasteiger partial charge < -0.3 is 9.84 Å². The lowest BCUT2D eigenvalue weighted by Gasteiger charge is -2.23. The average Bonchev–Trinajstić information content (AvgIpc) is 3.38. The first kappa shape index (κ1) is 22.8. The van der Waals surface area contributed by atoms with Crippen molar-refractivity contribution in [2.75, 3.05) is 12.0 Å². The minimum absolute atomic E-state index is 0.0271. The summed E-state index contributed by atoms with van der Waals surface area (Å²) in [6.45, 7) is 5.93. The van der Waals surface area contributed by atoms with E-state index in [9.17, 15) is 14.7 Å². The zero-order chi connectivity index (χ0) is 24.9. The molecule has 1 aromatic heterocycles. The molecule has 176 valence electrons. The van der Waals surface area contributed by atoms with Crippen LogP contribution >= 0.6 is 11.3 Å². The van der Waals surface area contributed by atoms with E-state index in [0.717, 1.165) is 26.9 Å². The molecule has 1 saturated heterocycles. The molecule has 35 heavy (non-hydrogen) atoms. The third-order valence-electron chi connectivity index (χ3n) is 6.20. The van der Waals surface area contributed by atoms with Crippen LogP contribution in [-0.4, -0.2) is 28.9 Å². The smallest absolute Gasteiger partial charge is 0.301 e. The number of aliphatic hydroxyl groups excluding tert-OH is 1. The molecular weight excluding hydrogens is 460 g/mol. The van der Waals surface area contributed by atoms with Crippen molar-refractivity contribution >= 4 is 44.1 Å². The number of aliphatic hydroxyl groups is 1. The van der Waals surface area contributed by atoms with E-state index in [-0.39, 0.29) is 11.3 Å². The number of methoxy groups -OCH3 is 1. The molecular formula is C28H24N2O4S. The van der Waals surface area contributed by atoms with Gasteiger partial charge in [-0.2, -0.15) is 0 Å². The minimum atomic E-state index is -0.853. The molecule has 6 nitrogen and oxygen atoms in total. The summed E-state index contributed by atoms with van der Waals surface area (Å²) < 4.78 is 6.33. The van der Waals surface area contributed by atoms with Crippen LogP contribution in [0.1, 0.15) is 33.9 Å². The Bertz CT molecular complexity index is 1520. The third-order valence-corrected chi connectivity index (χ3v) is 7.21. The molecule has 0 saturated carbocycles. The molecule has 0 bridgehead atoms. The van der Waals surface area contributed by atoms with Gasteiger partial charge in [0.2, 0.25) is 0 Å². The summed E-state index contributed by atoms with van der Waals surface area (Å²) >= 11 is 1.35. The fraction of sp³-hybridized carbons (Fsp3) is 0.179. The Kier molecular flexibility index (Phi) is 5.65. The Labute approximate surface area is 207 Å². The van der Waals surface area contributed by atoms with E-state index >= 15 is 0 Å². The van der Waals surface area contributed by atoms with Crippen LogP contribution in [-0.2, 0) is 9.59 Å². The van der Waals surface area contributed by atoms with Crippen LogP contribution in [0.5, 0.6) is 5.75 Å². The zero-order valence-electron chi connectivity index (χ0n) is 19.8. The molecule has 0 radical (unpaired) electrons. The van der Waals surface area contributed by atoms with E-state index in [2.05, 4.69) is 0 Å². The number of benzene rings is 3. The molecule has 1 fully saturated rings. The Hall–Kier alpha value is -3.97. The van der Waals surface area contributed by atoms with Gasteiger partial charge >= 0.3 is 5.91 Å². The van der Waals surface area contributed by atoms with Crippen molar-refractivity contribution in [2.24, 2.45) is 0 Å². The van der Waals surface area contributed by atoms with Gasteiger partial charge in [0.1, 0.15) is 11.5 Å². The maximum atomic E-state index is 13.4. The number of thiazole rings is 1. The molecule has 7 heteroatoms. The summed E-state index contributed by atoms with van der Waals surface area (Å²) in [5, 5.41) is 11.7. The van der Waals surface area contributed by atoms with Gasteiger partial charge in [-0.1, -0.05) is 59.4 Å². The Morgan fingerprint density at radius 2 is 1.74 bits per heavy atom. The lowest BCUT2D eigenvalue weighted by Crippen LogP contribution is -2.29. The van der Waals surface area contributed by atoms with Crippen LogP contribution in [0.25, 0.3) is 16.0 Å². The highest BCUT2D eigenvalue weighted by atomic mass is 32.1. The fourth-order valence-electron chi connectivity index (χ4n) is 4.49.